The van der Waals surface area contributed by atoms with E-state index in [1.54, 1.807) is 7.11 Å². The molecule has 1 saturated carbocycles. The second kappa shape index (κ2) is 6.94. The summed E-state index contributed by atoms with van der Waals surface area (Å²) in [5.74, 6) is 1.31. The van der Waals surface area contributed by atoms with E-state index in [4.69, 9.17) is 4.74 Å². The third kappa shape index (κ3) is 3.96. The van der Waals surface area contributed by atoms with Crippen LogP contribution in [0.15, 0.2) is 22.7 Å². The lowest BCUT2D eigenvalue weighted by Crippen LogP contribution is -2.30. The Morgan fingerprint density at radius 2 is 2.16 bits per heavy atom. The Morgan fingerprint density at radius 1 is 1.42 bits per heavy atom. The molecule has 0 bridgehead atoms. The van der Waals surface area contributed by atoms with E-state index in [1.165, 1.54) is 18.4 Å². The van der Waals surface area contributed by atoms with Crippen molar-refractivity contribution < 1.29 is 9.53 Å². The van der Waals surface area contributed by atoms with Gasteiger partial charge >= 0.3 is 0 Å². The quantitative estimate of drug-likeness (QED) is 0.901. The van der Waals surface area contributed by atoms with E-state index in [-0.39, 0.29) is 11.8 Å². The molecule has 0 atom stereocenters. The third-order valence-electron chi connectivity index (χ3n) is 3.66. The highest BCUT2D eigenvalue weighted by Crippen LogP contribution is 2.26. The lowest BCUT2D eigenvalue weighted by molar-refractivity contribution is -0.124. The van der Waals surface area contributed by atoms with Crippen LogP contribution in [0.3, 0.4) is 0 Å². The van der Waals surface area contributed by atoms with Crippen molar-refractivity contribution >= 4 is 21.8 Å². The third-order valence-corrected chi connectivity index (χ3v) is 4.27. The number of rotatable bonds is 5. The smallest absolute Gasteiger partial charge is 0.223 e. The molecule has 19 heavy (non-hydrogen) atoms. The van der Waals surface area contributed by atoms with E-state index < -0.39 is 0 Å². The molecule has 1 N–H and O–H groups in total. The van der Waals surface area contributed by atoms with Gasteiger partial charge in [0.25, 0.3) is 0 Å². The molecule has 0 aromatic heterocycles. The maximum atomic E-state index is 11.9. The fraction of sp³-hybridized carbons (Fsp3) is 0.533. The summed E-state index contributed by atoms with van der Waals surface area (Å²) in [6.45, 7) is 0.702. The summed E-state index contributed by atoms with van der Waals surface area (Å²) in [5.41, 5.74) is 1.19. The molecule has 1 aromatic rings. The first kappa shape index (κ1) is 14.4. The zero-order valence-electron chi connectivity index (χ0n) is 11.2. The van der Waals surface area contributed by atoms with Crippen molar-refractivity contribution in [2.24, 2.45) is 5.92 Å². The van der Waals surface area contributed by atoms with Crippen molar-refractivity contribution in [3.05, 3.63) is 28.2 Å². The number of ether oxygens (including phenoxy) is 1. The van der Waals surface area contributed by atoms with Crippen LogP contribution in [0.25, 0.3) is 0 Å². The summed E-state index contributed by atoms with van der Waals surface area (Å²) in [5, 5.41) is 3.04. The second-order valence-electron chi connectivity index (χ2n) is 4.99. The van der Waals surface area contributed by atoms with Gasteiger partial charge in [-0.1, -0.05) is 18.9 Å². The number of nitrogens with one attached hydrogen (secondary N) is 1. The standard InChI is InChI=1S/C15H20BrNO2/c1-19-14-7-6-11(10-13(14)16)8-9-17-15(18)12-4-2-3-5-12/h6-7,10,12H,2-5,8-9H2,1H3,(H,17,18). The van der Waals surface area contributed by atoms with Crippen molar-refractivity contribution in [2.45, 2.75) is 32.1 Å². The second-order valence-corrected chi connectivity index (χ2v) is 5.85. The van der Waals surface area contributed by atoms with Gasteiger partial charge in [0.1, 0.15) is 5.75 Å². The largest absolute Gasteiger partial charge is 0.496 e. The van der Waals surface area contributed by atoms with Gasteiger partial charge in [-0.15, -0.1) is 0 Å². The Labute approximate surface area is 122 Å². The van der Waals surface area contributed by atoms with E-state index in [9.17, 15) is 4.79 Å². The molecule has 4 heteroatoms. The highest BCUT2D eigenvalue weighted by atomic mass is 79.9. The van der Waals surface area contributed by atoms with Crippen LogP contribution in [0.1, 0.15) is 31.2 Å². The molecule has 0 aliphatic heterocycles. The number of methoxy groups -OCH3 is 1. The van der Waals surface area contributed by atoms with Crippen LogP contribution in [0.2, 0.25) is 0 Å². The van der Waals surface area contributed by atoms with E-state index in [0.29, 0.717) is 6.54 Å². The molecule has 0 saturated heterocycles. The van der Waals surface area contributed by atoms with Gasteiger partial charge in [-0.05, 0) is 52.9 Å². The van der Waals surface area contributed by atoms with Crippen molar-refractivity contribution in [3.63, 3.8) is 0 Å². The van der Waals surface area contributed by atoms with E-state index >= 15 is 0 Å². The van der Waals surface area contributed by atoms with Crippen LogP contribution in [0, 0.1) is 5.92 Å². The highest BCUT2D eigenvalue weighted by molar-refractivity contribution is 9.10. The summed E-state index contributed by atoms with van der Waals surface area (Å²) in [6.07, 6.45) is 5.36. The van der Waals surface area contributed by atoms with Crippen molar-refractivity contribution in [2.75, 3.05) is 13.7 Å². The minimum atomic E-state index is 0.227. The summed E-state index contributed by atoms with van der Waals surface area (Å²) < 4.78 is 6.15. The number of carbonyl (C=O) groups is 1. The topological polar surface area (TPSA) is 38.3 Å². The Bertz CT molecular complexity index is 442. The molecule has 0 heterocycles. The number of hydrogen-bond acceptors (Lipinski definition) is 2. The predicted molar refractivity (Wildman–Crippen MR) is 79.4 cm³/mol. The Morgan fingerprint density at radius 3 is 2.79 bits per heavy atom. The van der Waals surface area contributed by atoms with Gasteiger partial charge in [0, 0.05) is 12.5 Å². The highest BCUT2D eigenvalue weighted by Gasteiger charge is 2.21. The zero-order chi connectivity index (χ0) is 13.7. The summed E-state index contributed by atoms with van der Waals surface area (Å²) >= 11 is 3.47. The monoisotopic (exact) mass is 325 g/mol. The van der Waals surface area contributed by atoms with Crippen LogP contribution in [-0.2, 0) is 11.2 Å². The molecule has 104 valence electrons. The van der Waals surface area contributed by atoms with Crippen LogP contribution in [0.5, 0.6) is 5.75 Å². The number of benzene rings is 1. The SMILES string of the molecule is COc1ccc(CCNC(=O)C2CCCC2)cc1Br. The van der Waals surface area contributed by atoms with Gasteiger partial charge in [0.2, 0.25) is 5.91 Å². The fourth-order valence-corrected chi connectivity index (χ4v) is 3.12. The number of hydrogen-bond donors (Lipinski definition) is 1. The van der Waals surface area contributed by atoms with Crippen LogP contribution in [0.4, 0.5) is 0 Å². The van der Waals surface area contributed by atoms with Crippen molar-refractivity contribution in [3.8, 4) is 5.75 Å². The predicted octanol–water partition coefficient (Wildman–Crippen LogP) is 3.31. The number of halogens is 1. The number of amides is 1. The van der Waals surface area contributed by atoms with Crippen LogP contribution < -0.4 is 10.1 Å². The summed E-state index contributed by atoms with van der Waals surface area (Å²) in [7, 11) is 1.65. The molecule has 0 radical (unpaired) electrons. The lowest BCUT2D eigenvalue weighted by atomic mass is 10.1. The summed E-state index contributed by atoms with van der Waals surface area (Å²) in [4.78, 5) is 11.9. The molecule has 1 aliphatic carbocycles. The Hall–Kier alpha value is -1.03. The molecular weight excluding hydrogens is 306 g/mol. The molecule has 3 nitrogen and oxygen atoms in total. The Balaban J connectivity index is 1.79. The van der Waals surface area contributed by atoms with Gasteiger partial charge in [-0.2, -0.15) is 0 Å². The van der Waals surface area contributed by atoms with Gasteiger partial charge in [0.15, 0.2) is 0 Å². The molecule has 0 unspecified atom stereocenters. The minimum Gasteiger partial charge on any atom is -0.496 e. The lowest BCUT2D eigenvalue weighted by Gasteiger charge is -2.11. The molecule has 1 amide bonds. The fourth-order valence-electron chi connectivity index (χ4n) is 2.53. The zero-order valence-corrected chi connectivity index (χ0v) is 12.8. The first-order chi connectivity index (χ1) is 9.20. The molecule has 0 spiro atoms. The molecular formula is C15H20BrNO2. The van der Waals surface area contributed by atoms with Gasteiger partial charge < -0.3 is 10.1 Å². The van der Waals surface area contributed by atoms with Gasteiger partial charge in [-0.3, -0.25) is 4.79 Å². The van der Waals surface area contributed by atoms with Crippen molar-refractivity contribution in [1.82, 2.24) is 5.32 Å². The van der Waals surface area contributed by atoms with Gasteiger partial charge in [-0.25, -0.2) is 0 Å². The van der Waals surface area contributed by atoms with E-state index in [2.05, 4.69) is 21.2 Å². The average Bonchev–Trinajstić information content (AvgIpc) is 2.93. The minimum absolute atomic E-state index is 0.227. The summed E-state index contributed by atoms with van der Waals surface area (Å²) in [6, 6.07) is 6.02. The van der Waals surface area contributed by atoms with Crippen molar-refractivity contribution in [1.29, 1.82) is 0 Å². The maximum Gasteiger partial charge on any atom is 0.223 e. The average molecular weight is 326 g/mol. The first-order valence-corrected chi connectivity index (χ1v) is 7.60. The van der Waals surface area contributed by atoms with Crippen LogP contribution in [-0.4, -0.2) is 19.6 Å². The Kier molecular flexibility index (Phi) is 5.25. The molecule has 1 aromatic carbocycles. The van der Waals surface area contributed by atoms with E-state index in [0.717, 1.165) is 29.5 Å². The van der Waals surface area contributed by atoms with E-state index in [1.807, 2.05) is 18.2 Å². The first-order valence-electron chi connectivity index (χ1n) is 6.81. The van der Waals surface area contributed by atoms with Crippen LogP contribution >= 0.6 is 15.9 Å². The van der Waals surface area contributed by atoms with Gasteiger partial charge in [0.05, 0.1) is 11.6 Å². The number of carbonyl (C=O) groups excluding carboxylic acids is 1. The molecule has 2 rings (SSSR count). The molecule has 1 fully saturated rings. The molecule has 1 aliphatic rings. The maximum absolute atomic E-state index is 11.9. The normalized spacial score (nSPS) is 15.5.